The molecule has 2 fully saturated rings. The van der Waals surface area contributed by atoms with Crippen molar-refractivity contribution in [1.82, 2.24) is 24.6 Å². The van der Waals surface area contributed by atoms with Crippen LogP contribution in [0.2, 0.25) is 0 Å². The monoisotopic (exact) mass is 314 g/mol. The van der Waals surface area contributed by atoms with E-state index in [1.165, 1.54) is 6.42 Å². The molecule has 0 unspecified atom stereocenters. The van der Waals surface area contributed by atoms with Crippen molar-refractivity contribution in [3.63, 3.8) is 0 Å². The molecule has 4 rings (SSSR count). The van der Waals surface area contributed by atoms with Gasteiger partial charge in [0, 0.05) is 43.9 Å². The number of aromatic nitrogens is 4. The van der Waals surface area contributed by atoms with Crippen molar-refractivity contribution in [3.05, 3.63) is 18.1 Å². The van der Waals surface area contributed by atoms with Crippen LogP contribution in [0.5, 0.6) is 0 Å². The molecule has 7 nitrogen and oxygen atoms in total. The first-order chi connectivity index (χ1) is 11.3. The lowest BCUT2D eigenvalue weighted by Crippen LogP contribution is -2.37. The van der Waals surface area contributed by atoms with Crippen molar-refractivity contribution in [3.8, 4) is 0 Å². The van der Waals surface area contributed by atoms with Gasteiger partial charge in [-0.2, -0.15) is 5.10 Å². The molecule has 122 valence electrons. The number of hydrogen-bond donors (Lipinski definition) is 1. The zero-order valence-electron chi connectivity index (χ0n) is 13.2. The summed E-state index contributed by atoms with van der Waals surface area (Å²) < 4.78 is 1.84. The molecule has 2 aliphatic rings. The van der Waals surface area contributed by atoms with Gasteiger partial charge in [0.15, 0.2) is 5.65 Å². The van der Waals surface area contributed by atoms with Crippen LogP contribution in [-0.2, 0) is 11.3 Å². The highest BCUT2D eigenvalue weighted by molar-refractivity contribution is 5.80. The number of likely N-dealkylation sites (tertiary alicyclic amines) is 1. The highest BCUT2D eigenvalue weighted by Crippen LogP contribution is 2.34. The van der Waals surface area contributed by atoms with Gasteiger partial charge in [0.2, 0.25) is 5.91 Å². The van der Waals surface area contributed by atoms with Crippen LogP contribution in [0.1, 0.15) is 37.3 Å². The largest absolute Gasteiger partial charge is 0.342 e. The Morgan fingerprint density at radius 1 is 1.26 bits per heavy atom. The minimum absolute atomic E-state index is 0.247. The third-order valence-electron chi connectivity index (χ3n) is 5.08. The van der Waals surface area contributed by atoms with E-state index in [2.05, 4.69) is 9.97 Å². The first kappa shape index (κ1) is 14.6. The van der Waals surface area contributed by atoms with E-state index in [1.54, 1.807) is 12.4 Å². The van der Waals surface area contributed by atoms with E-state index in [9.17, 15) is 4.79 Å². The Morgan fingerprint density at radius 3 is 2.83 bits per heavy atom. The topological polar surface area (TPSA) is 89.9 Å². The van der Waals surface area contributed by atoms with Crippen LogP contribution in [0.4, 0.5) is 0 Å². The zero-order chi connectivity index (χ0) is 15.8. The molecule has 2 aromatic heterocycles. The van der Waals surface area contributed by atoms with Gasteiger partial charge in [0.05, 0.1) is 12.2 Å². The summed E-state index contributed by atoms with van der Waals surface area (Å²) in [4.78, 5) is 23.3. The van der Waals surface area contributed by atoms with E-state index in [4.69, 9.17) is 10.8 Å². The Morgan fingerprint density at radius 2 is 2.09 bits per heavy atom. The summed E-state index contributed by atoms with van der Waals surface area (Å²) in [5, 5.41) is 4.71. The first-order valence-corrected chi connectivity index (χ1v) is 8.44. The van der Waals surface area contributed by atoms with Gasteiger partial charge in [0.25, 0.3) is 0 Å². The summed E-state index contributed by atoms with van der Waals surface area (Å²) in [5.41, 5.74) is 8.27. The number of carbonyl (C=O) groups is 1. The molecule has 1 atom stereocenters. The highest BCUT2D eigenvalue weighted by Gasteiger charge is 2.35. The molecule has 0 bridgehead atoms. The molecule has 0 aromatic carbocycles. The van der Waals surface area contributed by atoms with E-state index in [0.717, 1.165) is 49.2 Å². The van der Waals surface area contributed by atoms with Crippen LogP contribution < -0.4 is 5.73 Å². The van der Waals surface area contributed by atoms with E-state index in [-0.39, 0.29) is 11.8 Å². The number of nitrogens with zero attached hydrogens (tertiary/aromatic N) is 5. The fraction of sp³-hybridized carbons (Fsp3) is 0.625. The van der Waals surface area contributed by atoms with Crippen LogP contribution in [0.3, 0.4) is 0 Å². The summed E-state index contributed by atoms with van der Waals surface area (Å²) in [5.74, 6) is 0.841. The van der Waals surface area contributed by atoms with Crippen LogP contribution in [0, 0.1) is 5.92 Å². The third kappa shape index (κ3) is 2.49. The quantitative estimate of drug-likeness (QED) is 0.905. The Bertz CT molecular complexity index is 722. The van der Waals surface area contributed by atoms with Gasteiger partial charge >= 0.3 is 0 Å². The zero-order valence-corrected chi connectivity index (χ0v) is 13.2. The molecular weight excluding hydrogens is 292 g/mol. The Balaban J connectivity index is 1.58. The number of rotatable bonds is 4. The molecule has 0 spiro atoms. The lowest BCUT2D eigenvalue weighted by molar-refractivity contribution is -0.137. The number of fused-ring (bicyclic) bond motifs is 1. The van der Waals surface area contributed by atoms with Crippen molar-refractivity contribution >= 4 is 17.1 Å². The highest BCUT2D eigenvalue weighted by atomic mass is 16.2. The predicted octanol–water partition coefficient (Wildman–Crippen LogP) is 0.901. The van der Waals surface area contributed by atoms with E-state index in [0.29, 0.717) is 19.0 Å². The van der Waals surface area contributed by atoms with Crippen molar-refractivity contribution in [1.29, 1.82) is 0 Å². The van der Waals surface area contributed by atoms with Gasteiger partial charge < -0.3 is 10.6 Å². The molecular formula is C16H22N6O. The number of nitrogens with two attached hydrogens (primary N) is 1. The molecule has 1 saturated heterocycles. The SMILES string of the molecule is NCCn1nc([C@H]2CCN(C(=O)C3CCC3)C2)c2nccnc21. The fourth-order valence-corrected chi connectivity index (χ4v) is 3.58. The predicted molar refractivity (Wildman–Crippen MR) is 85.7 cm³/mol. The Kier molecular flexibility index (Phi) is 3.72. The lowest BCUT2D eigenvalue weighted by Gasteiger charge is -2.29. The van der Waals surface area contributed by atoms with Gasteiger partial charge in [-0.05, 0) is 19.3 Å². The van der Waals surface area contributed by atoms with Gasteiger partial charge in [-0.15, -0.1) is 0 Å². The van der Waals surface area contributed by atoms with Gasteiger partial charge in [0.1, 0.15) is 5.52 Å². The maximum atomic E-state index is 12.4. The van der Waals surface area contributed by atoms with Crippen molar-refractivity contribution in [2.24, 2.45) is 11.7 Å². The van der Waals surface area contributed by atoms with E-state index < -0.39 is 0 Å². The minimum atomic E-state index is 0.247. The normalized spacial score (nSPS) is 21.8. The van der Waals surface area contributed by atoms with Crippen LogP contribution in [0.25, 0.3) is 11.2 Å². The average Bonchev–Trinajstić information content (AvgIpc) is 3.11. The Labute approximate surface area is 134 Å². The molecule has 1 aliphatic heterocycles. The molecule has 1 amide bonds. The summed E-state index contributed by atoms with van der Waals surface area (Å²) >= 11 is 0. The van der Waals surface area contributed by atoms with Gasteiger partial charge in [-0.25, -0.2) is 14.6 Å². The van der Waals surface area contributed by atoms with Crippen molar-refractivity contribution in [2.45, 2.75) is 38.1 Å². The second-order valence-corrected chi connectivity index (χ2v) is 6.52. The summed E-state index contributed by atoms with van der Waals surface area (Å²) in [7, 11) is 0. The maximum absolute atomic E-state index is 12.4. The van der Waals surface area contributed by atoms with E-state index >= 15 is 0 Å². The summed E-state index contributed by atoms with van der Waals surface area (Å²) in [6.45, 7) is 2.72. The average molecular weight is 314 g/mol. The molecule has 3 heterocycles. The van der Waals surface area contributed by atoms with Crippen LogP contribution >= 0.6 is 0 Å². The maximum Gasteiger partial charge on any atom is 0.225 e. The van der Waals surface area contributed by atoms with Gasteiger partial charge in [-0.1, -0.05) is 6.42 Å². The summed E-state index contributed by atoms with van der Waals surface area (Å²) in [6, 6.07) is 0. The molecule has 1 saturated carbocycles. The molecule has 2 N–H and O–H groups in total. The first-order valence-electron chi connectivity index (χ1n) is 8.44. The molecule has 7 heteroatoms. The second kappa shape index (κ2) is 5.88. The molecule has 23 heavy (non-hydrogen) atoms. The second-order valence-electron chi connectivity index (χ2n) is 6.52. The van der Waals surface area contributed by atoms with Crippen molar-refractivity contribution in [2.75, 3.05) is 19.6 Å². The smallest absolute Gasteiger partial charge is 0.225 e. The molecule has 0 radical (unpaired) electrons. The number of carbonyl (C=O) groups excluding carboxylic acids is 1. The molecule has 2 aromatic rings. The third-order valence-corrected chi connectivity index (χ3v) is 5.08. The van der Waals surface area contributed by atoms with E-state index in [1.807, 2.05) is 9.58 Å². The summed E-state index contributed by atoms with van der Waals surface area (Å²) in [6.07, 6.45) is 7.63. The molecule has 1 aliphatic carbocycles. The fourth-order valence-electron chi connectivity index (χ4n) is 3.58. The van der Waals surface area contributed by atoms with Crippen LogP contribution in [-0.4, -0.2) is 50.2 Å². The van der Waals surface area contributed by atoms with Gasteiger partial charge in [-0.3, -0.25) is 4.79 Å². The number of amides is 1. The number of hydrogen-bond acceptors (Lipinski definition) is 5. The Hall–Kier alpha value is -2.02. The van der Waals surface area contributed by atoms with Crippen molar-refractivity contribution < 1.29 is 4.79 Å². The minimum Gasteiger partial charge on any atom is -0.342 e. The standard InChI is InChI=1S/C16H22N6O/c17-5-9-22-15-14(18-6-7-19-15)13(20-22)12-4-8-21(10-12)16(23)11-2-1-3-11/h6-7,11-12H,1-5,8-10,17H2/t12-/m0/s1. The van der Waals surface area contributed by atoms with Crippen LogP contribution in [0.15, 0.2) is 12.4 Å². The lowest BCUT2D eigenvalue weighted by atomic mass is 9.84.